The number of amides is 2. The summed E-state index contributed by atoms with van der Waals surface area (Å²) >= 11 is 5.97. The van der Waals surface area contributed by atoms with Gasteiger partial charge in [-0.05, 0) is 56.7 Å². The molecular formula is C20H21ClN4O2. The normalized spacial score (nSPS) is 10.8. The van der Waals surface area contributed by atoms with Crippen molar-refractivity contribution in [2.75, 3.05) is 18.4 Å². The Kier molecular flexibility index (Phi) is 5.46. The molecule has 140 valence electrons. The smallest absolute Gasteiger partial charge is 0.292 e. The lowest BCUT2D eigenvalue weighted by Gasteiger charge is -2.17. The monoisotopic (exact) mass is 384 g/mol. The van der Waals surface area contributed by atoms with Gasteiger partial charge in [-0.15, -0.1) is 0 Å². The van der Waals surface area contributed by atoms with Crippen LogP contribution >= 0.6 is 11.6 Å². The van der Waals surface area contributed by atoms with E-state index in [1.54, 1.807) is 45.8 Å². The van der Waals surface area contributed by atoms with Crippen LogP contribution in [0.5, 0.6) is 0 Å². The van der Waals surface area contributed by atoms with E-state index in [2.05, 4.69) is 10.3 Å². The van der Waals surface area contributed by atoms with Crippen molar-refractivity contribution in [3.8, 4) is 0 Å². The Bertz CT molecular complexity index is 1010. The first-order valence-electron chi connectivity index (χ1n) is 8.80. The number of anilines is 1. The van der Waals surface area contributed by atoms with Crippen LogP contribution in [-0.2, 0) is 0 Å². The maximum absolute atomic E-state index is 12.9. The van der Waals surface area contributed by atoms with E-state index in [0.717, 1.165) is 5.56 Å². The van der Waals surface area contributed by atoms with E-state index in [4.69, 9.17) is 11.6 Å². The first-order chi connectivity index (χ1) is 13.0. The summed E-state index contributed by atoms with van der Waals surface area (Å²) in [6.07, 6.45) is 1.73. The molecule has 2 amide bonds. The van der Waals surface area contributed by atoms with Gasteiger partial charge in [0.1, 0.15) is 0 Å². The number of nitrogens with zero attached hydrogens (tertiary/aromatic N) is 3. The molecule has 0 unspecified atom stereocenters. The first kappa shape index (κ1) is 18.9. The van der Waals surface area contributed by atoms with Gasteiger partial charge >= 0.3 is 0 Å². The summed E-state index contributed by atoms with van der Waals surface area (Å²) in [5, 5.41) is 3.45. The summed E-state index contributed by atoms with van der Waals surface area (Å²) in [5.41, 5.74) is 2.37. The molecule has 0 atom stereocenters. The number of carbonyl (C=O) groups excluding carboxylic acids is 2. The summed E-state index contributed by atoms with van der Waals surface area (Å²) < 4.78 is 1.64. The molecule has 1 N–H and O–H groups in total. The Morgan fingerprint density at radius 2 is 1.93 bits per heavy atom. The molecular weight excluding hydrogens is 364 g/mol. The van der Waals surface area contributed by atoms with Crippen LogP contribution in [0.3, 0.4) is 0 Å². The number of aryl methyl sites for hydroxylation is 1. The predicted octanol–water partition coefficient (Wildman–Crippen LogP) is 4.03. The molecule has 0 saturated carbocycles. The Labute approximate surface area is 162 Å². The van der Waals surface area contributed by atoms with Gasteiger partial charge in [0.15, 0.2) is 5.69 Å². The van der Waals surface area contributed by atoms with Crippen molar-refractivity contribution >= 4 is 34.6 Å². The van der Waals surface area contributed by atoms with Crippen LogP contribution in [0.25, 0.3) is 5.52 Å². The van der Waals surface area contributed by atoms with Gasteiger partial charge in [-0.2, -0.15) is 0 Å². The van der Waals surface area contributed by atoms with E-state index in [9.17, 15) is 9.59 Å². The zero-order chi connectivity index (χ0) is 19.6. The third kappa shape index (κ3) is 3.66. The molecule has 7 heteroatoms. The molecule has 0 spiro atoms. The molecule has 3 aromatic rings. The highest BCUT2D eigenvalue weighted by Gasteiger charge is 2.24. The molecule has 0 aliphatic carbocycles. The maximum atomic E-state index is 12.9. The van der Waals surface area contributed by atoms with Crippen molar-refractivity contribution in [1.29, 1.82) is 0 Å². The molecule has 1 aromatic carbocycles. The standard InChI is InChI=1S/C20H21ClN4O2/c1-4-24(5-2)20(27)17-16-8-6-7-11-25(16)18(23-17)19(26)22-15-10-9-14(21)12-13(15)3/h6-12H,4-5H2,1-3H3,(H,22,26). The molecule has 2 heterocycles. The number of pyridine rings is 1. The van der Waals surface area contributed by atoms with Crippen LogP contribution in [0.1, 0.15) is 40.5 Å². The number of aromatic nitrogens is 2. The average molecular weight is 385 g/mol. The molecule has 0 aliphatic rings. The topological polar surface area (TPSA) is 66.7 Å². The SMILES string of the molecule is CCN(CC)C(=O)c1nc(C(=O)Nc2ccc(Cl)cc2C)n2ccccc12. The fraction of sp³-hybridized carbons (Fsp3) is 0.250. The molecule has 0 saturated heterocycles. The number of carbonyl (C=O) groups is 2. The zero-order valence-corrected chi connectivity index (χ0v) is 16.2. The van der Waals surface area contributed by atoms with Crippen LogP contribution in [0.2, 0.25) is 5.02 Å². The number of hydrogen-bond acceptors (Lipinski definition) is 3. The number of fused-ring (bicyclic) bond motifs is 1. The van der Waals surface area contributed by atoms with E-state index >= 15 is 0 Å². The van der Waals surface area contributed by atoms with E-state index in [-0.39, 0.29) is 23.3 Å². The number of hydrogen-bond donors (Lipinski definition) is 1. The molecule has 27 heavy (non-hydrogen) atoms. The quantitative estimate of drug-likeness (QED) is 0.722. The lowest BCUT2D eigenvalue weighted by atomic mass is 10.2. The number of imidazole rings is 1. The summed E-state index contributed by atoms with van der Waals surface area (Å²) in [7, 11) is 0. The lowest BCUT2D eigenvalue weighted by molar-refractivity contribution is 0.0769. The van der Waals surface area contributed by atoms with Gasteiger partial charge in [0, 0.05) is 30.0 Å². The van der Waals surface area contributed by atoms with E-state index < -0.39 is 0 Å². The number of rotatable bonds is 5. The Morgan fingerprint density at radius 1 is 1.19 bits per heavy atom. The molecule has 2 aromatic heterocycles. The van der Waals surface area contributed by atoms with Gasteiger partial charge in [0.05, 0.1) is 5.52 Å². The van der Waals surface area contributed by atoms with Gasteiger partial charge in [-0.1, -0.05) is 17.7 Å². The molecule has 6 nitrogen and oxygen atoms in total. The second kappa shape index (κ2) is 7.80. The molecule has 0 radical (unpaired) electrons. The highest BCUT2D eigenvalue weighted by atomic mass is 35.5. The Hall–Kier alpha value is -2.86. The highest BCUT2D eigenvalue weighted by molar-refractivity contribution is 6.30. The molecule has 0 bridgehead atoms. The molecule has 0 fully saturated rings. The maximum Gasteiger partial charge on any atom is 0.292 e. The van der Waals surface area contributed by atoms with Gasteiger partial charge in [0.2, 0.25) is 5.82 Å². The van der Waals surface area contributed by atoms with Crippen molar-refractivity contribution in [2.24, 2.45) is 0 Å². The van der Waals surface area contributed by atoms with Gasteiger partial charge < -0.3 is 10.2 Å². The number of nitrogens with one attached hydrogen (secondary N) is 1. The summed E-state index contributed by atoms with van der Waals surface area (Å²) in [5.74, 6) is -0.416. The predicted molar refractivity (Wildman–Crippen MR) is 107 cm³/mol. The van der Waals surface area contributed by atoms with Crippen LogP contribution in [0.4, 0.5) is 5.69 Å². The molecule has 3 rings (SSSR count). The molecule has 0 aliphatic heterocycles. The minimum atomic E-state index is -0.389. The largest absolute Gasteiger partial charge is 0.338 e. The minimum absolute atomic E-state index is 0.162. The van der Waals surface area contributed by atoms with E-state index in [1.165, 1.54) is 0 Å². The zero-order valence-electron chi connectivity index (χ0n) is 15.5. The van der Waals surface area contributed by atoms with E-state index in [0.29, 0.717) is 29.3 Å². The first-order valence-corrected chi connectivity index (χ1v) is 9.17. The number of halogens is 1. The van der Waals surface area contributed by atoms with Crippen molar-refractivity contribution in [1.82, 2.24) is 14.3 Å². The Balaban J connectivity index is 2.01. The van der Waals surface area contributed by atoms with Crippen LogP contribution in [0.15, 0.2) is 42.6 Å². The number of benzene rings is 1. The summed E-state index contributed by atoms with van der Waals surface area (Å²) in [6.45, 7) is 6.84. The fourth-order valence-corrected chi connectivity index (χ4v) is 3.19. The van der Waals surface area contributed by atoms with Crippen molar-refractivity contribution in [3.05, 3.63) is 64.7 Å². The second-order valence-corrected chi connectivity index (χ2v) is 6.57. The summed E-state index contributed by atoms with van der Waals surface area (Å²) in [4.78, 5) is 31.7. The van der Waals surface area contributed by atoms with Crippen LogP contribution in [-0.4, -0.2) is 39.2 Å². The van der Waals surface area contributed by atoms with Crippen molar-refractivity contribution < 1.29 is 9.59 Å². The summed E-state index contributed by atoms with van der Waals surface area (Å²) in [6, 6.07) is 10.6. The van der Waals surface area contributed by atoms with Gasteiger partial charge in [-0.25, -0.2) is 4.98 Å². The third-order valence-electron chi connectivity index (χ3n) is 4.44. The highest BCUT2D eigenvalue weighted by Crippen LogP contribution is 2.21. The van der Waals surface area contributed by atoms with Crippen molar-refractivity contribution in [2.45, 2.75) is 20.8 Å². The fourth-order valence-electron chi connectivity index (χ4n) is 2.96. The van der Waals surface area contributed by atoms with E-state index in [1.807, 2.05) is 26.8 Å². The average Bonchev–Trinajstić information content (AvgIpc) is 3.04. The second-order valence-electron chi connectivity index (χ2n) is 6.13. The van der Waals surface area contributed by atoms with Crippen molar-refractivity contribution in [3.63, 3.8) is 0 Å². The third-order valence-corrected chi connectivity index (χ3v) is 4.68. The minimum Gasteiger partial charge on any atom is -0.338 e. The lowest BCUT2D eigenvalue weighted by Crippen LogP contribution is -2.31. The van der Waals surface area contributed by atoms with Gasteiger partial charge in [-0.3, -0.25) is 14.0 Å². The Morgan fingerprint density at radius 3 is 2.59 bits per heavy atom. The van der Waals surface area contributed by atoms with Crippen LogP contribution < -0.4 is 5.32 Å². The van der Waals surface area contributed by atoms with Gasteiger partial charge in [0.25, 0.3) is 11.8 Å². The van der Waals surface area contributed by atoms with Crippen LogP contribution in [0, 0.1) is 6.92 Å².